The number of nitrogens with one attached hydrogen (secondary N) is 1. The Bertz CT molecular complexity index is 661. The van der Waals surface area contributed by atoms with Crippen molar-refractivity contribution in [2.75, 3.05) is 13.2 Å². The van der Waals surface area contributed by atoms with E-state index >= 15 is 0 Å². The van der Waals surface area contributed by atoms with Crippen molar-refractivity contribution in [1.82, 2.24) is 5.32 Å². The number of carbonyl (C=O) groups is 1. The van der Waals surface area contributed by atoms with Crippen molar-refractivity contribution >= 4 is 5.91 Å². The molecule has 0 aromatic heterocycles. The van der Waals surface area contributed by atoms with Gasteiger partial charge in [-0.25, -0.2) is 0 Å². The van der Waals surface area contributed by atoms with Crippen molar-refractivity contribution in [2.45, 2.75) is 46.1 Å². The summed E-state index contributed by atoms with van der Waals surface area (Å²) in [5.41, 5.74) is 1.89. The summed E-state index contributed by atoms with van der Waals surface area (Å²) in [6.45, 7) is 6.97. The fourth-order valence-corrected chi connectivity index (χ4v) is 2.84. The molecular weight excluding hydrogens is 326 g/mol. The van der Waals surface area contributed by atoms with Gasteiger partial charge in [0.25, 0.3) is 5.91 Å². The lowest BCUT2D eigenvalue weighted by atomic mass is 10.1. The predicted octanol–water partition coefficient (Wildman–Crippen LogP) is 4.63. The van der Waals surface area contributed by atoms with Crippen molar-refractivity contribution in [2.24, 2.45) is 0 Å². The lowest BCUT2D eigenvalue weighted by Gasteiger charge is -2.15. The first-order valence-electron chi connectivity index (χ1n) is 9.37. The Morgan fingerprint density at radius 1 is 1.00 bits per heavy atom. The van der Waals surface area contributed by atoms with Crippen LogP contribution >= 0.6 is 0 Å². The minimum absolute atomic E-state index is 0.0975. The van der Waals surface area contributed by atoms with E-state index in [0.29, 0.717) is 30.3 Å². The van der Waals surface area contributed by atoms with Crippen LogP contribution in [0, 0.1) is 0 Å². The molecule has 0 heterocycles. The number of amides is 1. The first kappa shape index (κ1) is 19.8. The second-order valence-corrected chi connectivity index (χ2v) is 6.31. The highest BCUT2D eigenvalue weighted by Gasteiger charge is 2.13. The summed E-state index contributed by atoms with van der Waals surface area (Å²) in [5.74, 6) is 1.21. The van der Waals surface area contributed by atoms with Crippen molar-refractivity contribution in [1.29, 1.82) is 0 Å². The molecule has 1 unspecified atom stereocenters. The predicted molar refractivity (Wildman–Crippen MR) is 105 cm³/mol. The molecule has 0 fully saturated rings. The fraction of sp³-hybridized carbons (Fsp3) is 0.409. The maximum atomic E-state index is 12.6. The number of ether oxygens (including phenoxy) is 2. The normalized spacial score (nSPS) is 11.7. The van der Waals surface area contributed by atoms with E-state index in [1.807, 2.05) is 32.9 Å². The molecule has 2 aromatic rings. The Kier molecular flexibility index (Phi) is 8.00. The van der Waals surface area contributed by atoms with Crippen LogP contribution in [0.2, 0.25) is 0 Å². The van der Waals surface area contributed by atoms with Gasteiger partial charge in [-0.1, -0.05) is 30.3 Å². The maximum absolute atomic E-state index is 12.6. The molecule has 2 rings (SSSR count). The lowest BCUT2D eigenvalue weighted by molar-refractivity contribution is 0.0937. The summed E-state index contributed by atoms with van der Waals surface area (Å²) >= 11 is 0. The molecule has 0 spiro atoms. The smallest absolute Gasteiger partial charge is 0.251 e. The standard InChI is InChI=1S/C22H29NO3/c1-4-25-20-14-19(15-21(16-20)26-5-2)22(24)23-17(3)10-9-13-18-11-7-6-8-12-18/h6-8,11-12,14-17H,4-5,9-10,13H2,1-3H3,(H,23,24). The van der Waals surface area contributed by atoms with Gasteiger partial charge < -0.3 is 14.8 Å². The van der Waals surface area contributed by atoms with Crippen LogP contribution in [-0.4, -0.2) is 25.2 Å². The Morgan fingerprint density at radius 2 is 1.62 bits per heavy atom. The van der Waals surface area contributed by atoms with E-state index in [4.69, 9.17) is 9.47 Å². The van der Waals surface area contributed by atoms with Crippen LogP contribution in [-0.2, 0) is 6.42 Å². The van der Waals surface area contributed by atoms with Crippen LogP contribution in [0.25, 0.3) is 0 Å². The highest BCUT2D eigenvalue weighted by molar-refractivity contribution is 5.95. The Balaban J connectivity index is 1.90. The zero-order chi connectivity index (χ0) is 18.8. The first-order chi connectivity index (χ1) is 12.6. The number of hydrogen-bond acceptors (Lipinski definition) is 3. The van der Waals surface area contributed by atoms with Gasteiger partial charge in [-0.3, -0.25) is 4.79 Å². The summed E-state index contributed by atoms with van der Waals surface area (Å²) in [4.78, 5) is 12.6. The summed E-state index contributed by atoms with van der Waals surface area (Å²) in [5, 5.41) is 3.07. The molecule has 1 atom stereocenters. The van der Waals surface area contributed by atoms with Gasteiger partial charge in [0.2, 0.25) is 0 Å². The van der Waals surface area contributed by atoms with Crippen molar-refractivity contribution < 1.29 is 14.3 Å². The van der Waals surface area contributed by atoms with E-state index in [9.17, 15) is 4.79 Å². The summed E-state index contributed by atoms with van der Waals surface area (Å²) < 4.78 is 11.1. The molecule has 0 bridgehead atoms. The van der Waals surface area contributed by atoms with Gasteiger partial charge in [0.1, 0.15) is 11.5 Å². The second-order valence-electron chi connectivity index (χ2n) is 6.31. The number of rotatable bonds is 10. The van der Waals surface area contributed by atoms with Crippen LogP contribution in [0.4, 0.5) is 0 Å². The molecule has 0 aliphatic carbocycles. The first-order valence-corrected chi connectivity index (χ1v) is 9.37. The number of carbonyl (C=O) groups excluding carboxylic acids is 1. The van der Waals surface area contributed by atoms with Gasteiger partial charge in [0.05, 0.1) is 13.2 Å². The van der Waals surface area contributed by atoms with E-state index in [2.05, 4.69) is 29.6 Å². The molecule has 4 heteroatoms. The summed E-state index contributed by atoms with van der Waals surface area (Å²) in [7, 11) is 0. The quantitative estimate of drug-likeness (QED) is 0.676. The van der Waals surface area contributed by atoms with Crippen molar-refractivity contribution in [3.8, 4) is 11.5 Å². The van der Waals surface area contributed by atoms with Crippen molar-refractivity contribution in [3.05, 3.63) is 59.7 Å². The van der Waals surface area contributed by atoms with E-state index < -0.39 is 0 Å². The van der Waals surface area contributed by atoms with Crippen molar-refractivity contribution in [3.63, 3.8) is 0 Å². The van der Waals surface area contributed by atoms with Gasteiger partial charge in [-0.05, 0) is 57.7 Å². The molecule has 26 heavy (non-hydrogen) atoms. The average Bonchev–Trinajstić information content (AvgIpc) is 2.63. The molecular formula is C22H29NO3. The van der Waals surface area contributed by atoms with E-state index in [-0.39, 0.29) is 11.9 Å². The highest BCUT2D eigenvalue weighted by Crippen LogP contribution is 2.23. The highest BCUT2D eigenvalue weighted by atomic mass is 16.5. The third kappa shape index (κ3) is 6.43. The molecule has 0 saturated carbocycles. The third-order valence-corrected chi connectivity index (χ3v) is 4.09. The average molecular weight is 355 g/mol. The van der Waals surface area contributed by atoms with Gasteiger partial charge in [-0.2, -0.15) is 0 Å². The molecule has 0 aliphatic rings. The van der Waals surface area contributed by atoms with Crippen LogP contribution in [0.15, 0.2) is 48.5 Å². The fourth-order valence-electron chi connectivity index (χ4n) is 2.84. The number of aryl methyl sites for hydroxylation is 1. The molecule has 1 amide bonds. The molecule has 4 nitrogen and oxygen atoms in total. The number of benzene rings is 2. The molecule has 0 aliphatic heterocycles. The van der Waals surface area contributed by atoms with Crippen LogP contribution < -0.4 is 14.8 Å². The Morgan fingerprint density at radius 3 is 2.19 bits per heavy atom. The monoisotopic (exact) mass is 355 g/mol. The van der Waals surface area contributed by atoms with Crippen LogP contribution in [0.5, 0.6) is 11.5 Å². The van der Waals surface area contributed by atoms with E-state index in [1.165, 1.54) is 5.56 Å². The molecule has 0 radical (unpaired) electrons. The van der Waals surface area contributed by atoms with Gasteiger partial charge in [0.15, 0.2) is 0 Å². The van der Waals surface area contributed by atoms with E-state index in [1.54, 1.807) is 12.1 Å². The number of hydrogen-bond donors (Lipinski definition) is 1. The van der Waals surface area contributed by atoms with Crippen LogP contribution in [0.1, 0.15) is 49.5 Å². The molecule has 2 aromatic carbocycles. The molecule has 0 saturated heterocycles. The largest absolute Gasteiger partial charge is 0.494 e. The van der Waals surface area contributed by atoms with Gasteiger partial charge in [0, 0.05) is 17.7 Å². The Labute approximate surface area is 156 Å². The topological polar surface area (TPSA) is 47.6 Å². The minimum atomic E-state index is -0.0975. The third-order valence-electron chi connectivity index (χ3n) is 4.09. The molecule has 140 valence electrons. The van der Waals surface area contributed by atoms with Gasteiger partial charge in [-0.15, -0.1) is 0 Å². The van der Waals surface area contributed by atoms with E-state index in [0.717, 1.165) is 19.3 Å². The zero-order valence-electron chi connectivity index (χ0n) is 16.0. The summed E-state index contributed by atoms with van der Waals surface area (Å²) in [6, 6.07) is 15.9. The zero-order valence-corrected chi connectivity index (χ0v) is 16.0. The maximum Gasteiger partial charge on any atom is 0.251 e. The lowest BCUT2D eigenvalue weighted by Crippen LogP contribution is -2.32. The molecule has 1 N–H and O–H groups in total. The van der Waals surface area contributed by atoms with Gasteiger partial charge >= 0.3 is 0 Å². The summed E-state index contributed by atoms with van der Waals surface area (Å²) in [6.07, 6.45) is 2.99. The SMILES string of the molecule is CCOc1cc(OCC)cc(C(=O)NC(C)CCCc2ccccc2)c1. The van der Waals surface area contributed by atoms with Crippen LogP contribution in [0.3, 0.4) is 0 Å². The Hall–Kier alpha value is -2.49. The minimum Gasteiger partial charge on any atom is -0.494 e. The second kappa shape index (κ2) is 10.5.